The van der Waals surface area contributed by atoms with Gasteiger partial charge >= 0.3 is 0 Å². The van der Waals surface area contributed by atoms with Crippen LogP contribution >= 0.6 is 39.0 Å². The molecule has 0 aliphatic rings. The van der Waals surface area contributed by atoms with Crippen LogP contribution in [0.1, 0.15) is 28.9 Å². The van der Waals surface area contributed by atoms with Crippen LogP contribution < -0.4 is 5.32 Å². The van der Waals surface area contributed by atoms with Crippen molar-refractivity contribution in [3.05, 3.63) is 44.3 Å². The molecule has 108 valence electrons. The largest absolute Gasteiger partial charge is 0.315 e. The van der Waals surface area contributed by atoms with Crippen LogP contribution in [0.4, 0.5) is 0 Å². The zero-order valence-electron chi connectivity index (χ0n) is 11.8. The summed E-state index contributed by atoms with van der Waals surface area (Å²) in [6, 6.07) is 8.34. The zero-order chi connectivity index (χ0) is 14.4. The molecule has 20 heavy (non-hydrogen) atoms. The van der Waals surface area contributed by atoms with Gasteiger partial charge in [0.1, 0.15) is 5.01 Å². The van der Waals surface area contributed by atoms with Crippen LogP contribution in [0, 0.1) is 0 Å². The highest BCUT2D eigenvalue weighted by Gasteiger charge is 2.10. The van der Waals surface area contributed by atoms with Crippen LogP contribution in [0.2, 0.25) is 0 Å². The molecule has 1 N–H and O–H groups in total. The number of nitrogens with zero attached hydrogens (tertiary/aromatic N) is 1. The second-order valence-electron chi connectivity index (χ2n) is 4.48. The van der Waals surface area contributed by atoms with Crippen LogP contribution in [0.25, 0.3) is 0 Å². The van der Waals surface area contributed by atoms with Gasteiger partial charge in [0.05, 0.1) is 11.4 Å². The van der Waals surface area contributed by atoms with Crippen LogP contribution in [-0.4, -0.2) is 12.0 Å². The van der Waals surface area contributed by atoms with Gasteiger partial charge in [0, 0.05) is 20.8 Å². The Bertz CT molecular complexity index is 531. The summed E-state index contributed by atoms with van der Waals surface area (Å²) in [6.45, 7) is 3.13. The zero-order valence-corrected chi connectivity index (χ0v) is 15.0. The van der Waals surface area contributed by atoms with Gasteiger partial charge in [-0.15, -0.1) is 23.1 Å². The topological polar surface area (TPSA) is 24.9 Å². The lowest BCUT2D eigenvalue weighted by molar-refractivity contribution is 0.797. The van der Waals surface area contributed by atoms with E-state index in [2.05, 4.69) is 46.4 Å². The van der Waals surface area contributed by atoms with Crippen LogP contribution in [0.5, 0.6) is 0 Å². The van der Waals surface area contributed by atoms with Gasteiger partial charge in [0.25, 0.3) is 0 Å². The lowest BCUT2D eigenvalue weighted by atomic mass is 10.2. The molecule has 5 heteroatoms. The molecule has 1 aromatic heterocycles. The average Bonchev–Trinajstić information content (AvgIpc) is 2.81. The first-order chi connectivity index (χ1) is 9.74. The van der Waals surface area contributed by atoms with Gasteiger partial charge in [-0.3, -0.25) is 0 Å². The molecule has 2 rings (SSSR count). The van der Waals surface area contributed by atoms with E-state index in [0.29, 0.717) is 0 Å². The molecular formula is C15H19BrN2S2. The SMILES string of the molecule is CCCc1nc(CSc2ccccc2Br)sc1CNC. The third-order valence-electron chi connectivity index (χ3n) is 2.83. The fourth-order valence-corrected chi connectivity index (χ4v) is 4.62. The van der Waals surface area contributed by atoms with Gasteiger partial charge in [-0.1, -0.05) is 25.5 Å². The van der Waals surface area contributed by atoms with Gasteiger partial charge in [-0.25, -0.2) is 4.98 Å². The number of aromatic nitrogens is 1. The Hall–Kier alpha value is -0.360. The number of hydrogen-bond acceptors (Lipinski definition) is 4. The number of thioether (sulfide) groups is 1. The van der Waals surface area contributed by atoms with Crippen molar-refractivity contribution in [2.24, 2.45) is 0 Å². The summed E-state index contributed by atoms with van der Waals surface area (Å²) in [5, 5.41) is 4.46. The molecule has 0 aliphatic heterocycles. The van der Waals surface area contributed by atoms with Crippen molar-refractivity contribution in [3.8, 4) is 0 Å². The maximum absolute atomic E-state index is 4.81. The fraction of sp³-hybridized carbons (Fsp3) is 0.400. The molecule has 0 aliphatic carbocycles. The van der Waals surface area contributed by atoms with Crippen molar-refractivity contribution >= 4 is 39.0 Å². The number of thiazole rings is 1. The molecule has 2 aromatic rings. The number of rotatable bonds is 7. The monoisotopic (exact) mass is 370 g/mol. The average molecular weight is 371 g/mol. The number of benzene rings is 1. The maximum atomic E-state index is 4.81. The van der Waals surface area contributed by atoms with Crippen molar-refractivity contribution in [3.63, 3.8) is 0 Å². The van der Waals surface area contributed by atoms with Crippen LogP contribution in [-0.2, 0) is 18.7 Å². The molecule has 2 nitrogen and oxygen atoms in total. The standard InChI is InChI=1S/C15H19BrN2S2/c1-3-6-12-14(9-17-2)20-15(18-12)10-19-13-8-5-4-7-11(13)16/h4-5,7-8,17H,3,6,9-10H2,1-2H3. The van der Waals surface area contributed by atoms with E-state index in [0.717, 1.165) is 29.6 Å². The predicted molar refractivity (Wildman–Crippen MR) is 92.6 cm³/mol. The third-order valence-corrected chi connectivity index (χ3v) is 6.15. The second-order valence-corrected chi connectivity index (χ2v) is 7.52. The molecule has 0 bridgehead atoms. The number of hydrogen-bond donors (Lipinski definition) is 1. The van der Waals surface area contributed by atoms with Gasteiger partial charge < -0.3 is 5.32 Å². The first kappa shape index (κ1) is 16.0. The predicted octanol–water partition coefficient (Wildman–Crippen LogP) is 4.87. The molecule has 0 saturated carbocycles. The summed E-state index contributed by atoms with van der Waals surface area (Å²) in [7, 11) is 1.99. The molecular weight excluding hydrogens is 352 g/mol. The van der Waals surface area contributed by atoms with E-state index >= 15 is 0 Å². The van der Waals surface area contributed by atoms with E-state index in [-0.39, 0.29) is 0 Å². The molecule has 0 fully saturated rings. The van der Waals surface area contributed by atoms with Gasteiger partial charge in [0.15, 0.2) is 0 Å². The summed E-state index contributed by atoms with van der Waals surface area (Å²) < 4.78 is 1.16. The molecule has 0 saturated heterocycles. The minimum absolute atomic E-state index is 0.923. The molecule has 0 atom stereocenters. The minimum atomic E-state index is 0.923. The van der Waals surface area contributed by atoms with E-state index in [1.165, 1.54) is 20.5 Å². The van der Waals surface area contributed by atoms with E-state index in [1.54, 1.807) is 0 Å². The fourth-order valence-electron chi connectivity index (χ4n) is 1.93. The summed E-state index contributed by atoms with van der Waals surface area (Å²) in [5.41, 5.74) is 1.27. The second kappa shape index (κ2) is 8.17. The molecule has 1 aromatic carbocycles. The van der Waals surface area contributed by atoms with Crippen molar-refractivity contribution in [2.45, 2.75) is 37.0 Å². The Morgan fingerprint density at radius 3 is 2.85 bits per heavy atom. The first-order valence-corrected chi connectivity index (χ1v) is 9.33. The maximum Gasteiger partial charge on any atom is 0.103 e. The normalized spacial score (nSPS) is 10.9. The van der Waals surface area contributed by atoms with Crippen molar-refractivity contribution in [1.29, 1.82) is 0 Å². The Balaban J connectivity index is 2.06. The molecule has 0 unspecified atom stereocenters. The lowest BCUT2D eigenvalue weighted by Crippen LogP contribution is -2.05. The Morgan fingerprint density at radius 1 is 1.35 bits per heavy atom. The minimum Gasteiger partial charge on any atom is -0.315 e. The van der Waals surface area contributed by atoms with Crippen LogP contribution in [0.15, 0.2) is 33.6 Å². The quantitative estimate of drug-likeness (QED) is 0.703. The van der Waals surface area contributed by atoms with Crippen molar-refractivity contribution in [2.75, 3.05) is 7.05 Å². The highest BCUT2D eigenvalue weighted by Crippen LogP contribution is 2.31. The van der Waals surface area contributed by atoms with E-state index in [9.17, 15) is 0 Å². The first-order valence-electron chi connectivity index (χ1n) is 6.74. The molecule has 0 spiro atoms. The molecule has 0 radical (unpaired) electrons. The summed E-state index contributed by atoms with van der Waals surface area (Å²) in [6.07, 6.45) is 2.23. The van der Waals surface area contributed by atoms with Gasteiger partial charge in [0.2, 0.25) is 0 Å². The molecule has 1 heterocycles. The van der Waals surface area contributed by atoms with E-state index < -0.39 is 0 Å². The van der Waals surface area contributed by atoms with E-state index in [4.69, 9.17) is 4.98 Å². The summed E-state index contributed by atoms with van der Waals surface area (Å²) in [4.78, 5) is 7.46. The Kier molecular flexibility index (Phi) is 6.55. The molecule has 0 amide bonds. The smallest absolute Gasteiger partial charge is 0.103 e. The Labute approximate surface area is 137 Å². The van der Waals surface area contributed by atoms with Crippen molar-refractivity contribution < 1.29 is 0 Å². The highest BCUT2D eigenvalue weighted by atomic mass is 79.9. The Morgan fingerprint density at radius 2 is 2.15 bits per heavy atom. The van der Waals surface area contributed by atoms with E-state index in [1.807, 2.05) is 36.2 Å². The third kappa shape index (κ3) is 4.32. The number of aryl methyl sites for hydroxylation is 1. The van der Waals surface area contributed by atoms with Gasteiger partial charge in [-0.05, 0) is 41.5 Å². The summed E-state index contributed by atoms with van der Waals surface area (Å²) >= 11 is 7.27. The van der Waals surface area contributed by atoms with Gasteiger partial charge in [-0.2, -0.15) is 0 Å². The number of halogens is 1. The van der Waals surface area contributed by atoms with Crippen LogP contribution in [0.3, 0.4) is 0 Å². The number of nitrogens with one attached hydrogen (secondary N) is 1. The highest BCUT2D eigenvalue weighted by molar-refractivity contribution is 9.10. The van der Waals surface area contributed by atoms with Crippen molar-refractivity contribution in [1.82, 2.24) is 10.3 Å². The lowest BCUT2D eigenvalue weighted by Gasteiger charge is -2.01. The summed E-state index contributed by atoms with van der Waals surface area (Å²) in [5.74, 6) is 0.938.